The van der Waals surface area contributed by atoms with Gasteiger partial charge >= 0.3 is 0 Å². The Morgan fingerprint density at radius 2 is 1.96 bits per heavy atom. The quantitative estimate of drug-likeness (QED) is 0.624. The molecule has 4 rings (SSSR count). The molecule has 0 bridgehead atoms. The zero-order valence-corrected chi connectivity index (χ0v) is 15.5. The Hall–Kier alpha value is -2.63. The number of carbonyl (C=O) groups excluding carboxylic acids is 1. The Kier molecular flexibility index (Phi) is 4.72. The SMILES string of the molecule is COCCCN1C(=O)c2oc3ccccc3c(=O)c2C1c1cccc(Cl)c1. The molecule has 0 saturated heterocycles. The smallest absolute Gasteiger partial charge is 0.290 e. The number of hydrogen-bond acceptors (Lipinski definition) is 4. The number of fused-ring (bicyclic) bond motifs is 2. The second-order valence-corrected chi connectivity index (χ2v) is 6.91. The highest BCUT2D eigenvalue weighted by atomic mass is 35.5. The number of amides is 1. The van der Waals surface area contributed by atoms with Crippen LogP contribution in [0, 0.1) is 0 Å². The first-order valence-corrected chi connectivity index (χ1v) is 9.10. The Morgan fingerprint density at radius 3 is 2.74 bits per heavy atom. The predicted octanol–water partition coefficient (Wildman–Crippen LogP) is 4.03. The van der Waals surface area contributed by atoms with Crippen molar-refractivity contribution in [1.82, 2.24) is 4.90 Å². The summed E-state index contributed by atoms with van der Waals surface area (Å²) >= 11 is 6.17. The van der Waals surface area contributed by atoms with Gasteiger partial charge in [0.15, 0.2) is 5.43 Å². The lowest BCUT2D eigenvalue weighted by Gasteiger charge is -2.25. The first-order valence-electron chi connectivity index (χ1n) is 8.73. The fourth-order valence-electron chi connectivity index (χ4n) is 3.60. The van der Waals surface area contributed by atoms with Gasteiger partial charge in [-0.15, -0.1) is 0 Å². The van der Waals surface area contributed by atoms with Gasteiger partial charge in [0, 0.05) is 25.3 Å². The maximum atomic E-state index is 13.2. The summed E-state index contributed by atoms with van der Waals surface area (Å²) in [6.45, 7) is 0.968. The standard InChI is InChI=1S/C21H18ClNO4/c1-26-11-5-10-23-18(13-6-4-7-14(22)12-13)17-19(24)15-8-2-3-9-16(15)27-20(17)21(23)25/h2-4,6-9,12,18H,5,10-11H2,1H3. The van der Waals surface area contributed by atoms with Crippen LogP contribution in [0.5, 0.6) is 0 Å². The lowest BCUT2D eigenvalue weighted by molar-refractivity contribution is 0.0708. The van der Waals surface area contributed by atoms with Gasteiger partial charge in [0.05, 0.1) is 17.0 Å². The summed E-state index contributed by atoms with van der Waals surface area (Å²) in [5, 5.41) is 1.02. The van der Waals surface area contributed by atoms with Gasteiger partial charge in [0.25, 0.3) is 5.91 Å². The van der Waals surface area contributed by atoms with Gasteiger partial charge in [-0.1, -0.05) is 35.9 Å². The highest BCUT2D eigenvalue weighted by molar-refractivity contribution is 6.30. The maximum Gasteiger partial charge on any atom is 0.290 e. The third kappa shape index (κ3) is 3.03. The molecule has 1 atom stereocenters. The summed E-state index contributed by atoms with van der Waals surface area (Å²) in [6.07, 6.45) is 0.654. The van der Waals surface area contributed by atoms with E-state index in [-0.39, 0.29) is 17.1 Å². The van der Waals surface area contributed by atoms with Crippen LogP contribution >= 0.6 is 11.6 Å². The van der Waals surface area contributed by atoms with E-state index < -0.39 is 6.04 Å². The van der Waals surface area contributed by atoms with E-state index in [1.54, 1.807) is 48.4 Å². The van der Waals surface area contributed by atoms with E-state index in [0.717, 1.165) is 5.56 Å². The topological polar surface area (TPSA) is 59.8 Å². The molecule has 0 aliphatic carbocycles. The van der Waals surface area contributed by atoms with Crippen LogP contribution in [0.4, 0.5) is 0 Å². The first kappa shape index (κ1) is 17.8. The minimum absolute atomic E-state index is 0.112. The zero-order valence-electron chi connectivity index (χ0n) is 14.8. The van der Waals surface area contributed by atoms with Crippen LogP contribution in [0.2, 0.25) is 5.02 Å². The Balaban J connectivity index is 1.92. The molecule has 6 heteroatoms. The van der Waals surface area contributed by atoms with Crippen LogP contribution in [0.1, 0.15) is 34.1 Å². The Morgan fingerprint density at radius 1 is 1.15 bits per heavy atom. The summed E-state index contributed by atoms with van der Waals surface area (Å²) in [7, 11) is 1.62. The molecule has 0 spiro atoms. The number of halogens is 1. The maximum absolute atomic E-state index is 13.2. The fourth-order valence-corrected chi connectivity index (χ4v) is 3.80. The number of hydrogen-bond donors (Lipinski definition) is 0. The molecule has 5 nitrogen and oxygen atoms in total. The van der Waals surface area contributed by atoms with Gasteiger partial charge in [0.2, 0.25) is 5.76 Å². The van der Waals surface area contributed by atoms with Crippen LogP contribution < -0.4 is 5.43 Å². The molecule has 138 valence electrons. The van der Waals surface area contributed by atoms with Crippen molar-refractivity contribution >= 4 is 28.5 Å². The van der Waals surface area contributed by atoms with Crippen LogP contribution in [0.3, 0.4) is 0 Å². The molecule has 2 heterocycles. The molecule has 27 heavy (non-hydrogen) atoms. The number of ether oxygens (including phenoxy) is 1. The van der Waals surface area contributed by atoms with E-state index in [9.17, 15) is 9.59 Å². The number of methoxy groups -OCH3 is 1. The monoisotopic (exact) mass is 383 g/mol. The van der Waals surface area contributed by atoms with Gasteiger partial charge in [-0.3, -0.25) is 9.59 Å². The molecule has 1 aliphatic heterocycles. The number of nitrogens with zero attached hydrogens (tertiary/aromatic N) is 1. The van der Waals surface area contributed by atoms with Crippen LogP contribution in [0.25, 0.3) is 11.0 Å². The van der Waals surface area contributed by atoms with Gasteiger partial charge < -0.3 is 14.1 Å². The number of benzene rings is 2. The van der Waals surface area contributed by atoms with Crippen molar-refractivity contribution in [2.75, 3.05) is 20.3 Å². The predicted molar refractivity (Wildman–Crippen MR) is 103 cm³/mol. The van der Waals surface area contributed by atoms with Crippen LogP contribution in [-0.4, -0.2) is 31.1 Å². The highest BCUT2D eigenvalue weighted by Gasteiger charge is 2.42. The van der Waals surface area contributed by atoms with Crippen molar-refractivity contribution in [3.8, 4) is 0 Å². The zero-order chi connectivity index (χ0) is 19.0. The third-order valence-electron chi connectivity index (χ3n) is 4.79. The van der Waals surface area contributed by atoms with Crippen molar-refractivity contribution in [1.29, 1.82) is 0 Å². The molecule has 2 aromatic carbocycles. The van der Waals surface area contributed by atoms with Crippen molar-refractivity contribution in [3.63, 3.8) is 0 Å². The molecule has 0 radical (unpaired) electrons. The van der Waals surface area contributed by atoms with Crippen LogP contribution in [0.15, 0.2) is 57.7 Å². The molecule has 1 aliphatic rings. The average Bonchev–Trinajstić information content (AvgIpc) is 2.95. The normalized spacial score (nSPS) is 16.1. The molecular weight excluding hydrogens is 366 g/mol. The van der Waals surface area contributed by atoms with Crippen molar-refractivity contribution in [2.45, 2.75) is 12.5 Å². The Labute approximate surface area is 161 Å². The van der Waals surface area contributed by atoms with E-state index in [1.807, 2.05) is 12.1 Å². The second kappa shape index (κ2) is 7.18. The van der Waals surface area contributed by atoms with Crippen molar-refractivity contribution in [2.24, 2.45) is 0 Å². The lowest BCUT2D eigenvalue weighted by atomic mass is 9.98. The minimum atomic E-state index is -0.524. The summed E-state index contributed by atoms with van der Waals surface area (Å²) in [5.41, 5.74) is 1.39. The fraction of sp³-hybridized carbons (Fsp3) is 0.238. The van der Waals surface area contributed by atoms with E-state index in [4.69, 9.17) is 20.8 Å². The molecule has 1 aromatic heterocycles. The molecule has 0 fully saturated rings. The van der Waals surface area contributed by atoms with Crippen molar-refractivity contribution < 1.29 is 13.9 Å². The number of carbonyl (C=O) groups is 1. The first-order chi connectivity index (χ1) is 13.1. The van der Waals surface area contributed by atoms with Crippen molar-refractivity contribution in [3.05, 3.63) is 80.7 Å². The van der Waals surface area contributed by atoms with Gasteiger partial charge in [-0.2, -0.15) is 0 Å². The lowest BCUT2D eigenvalue weighted by Crippen LogP contribution is -2.31. The molecule has 1 amide bonds. The molecule has 1 unspecified atom stereocenters. The summed E-state index contributed by atoms with van der Waals surface area (Å²) in [4.78, 5) is 28.0. The van der Waals surface area contributed by atoms with Gasteiger partial charge in [-0.05, 0) is 36.2 Å². The van der Waals surface area contributed by atoms with E-state index >= 15 is 0 Å². The van der Waals surface area contributed by atoms with Gasteiger partial charge in [0.1, 0.15) is 5.58 Å². The average molecular weight is 384 g/mol. The molecule has 0 saturated carbocycles. The number of rotatable bonds is 5. The second-order valence-electron chi connectivity index (χ2n) is 6.47. The minimum Gasteiger partial charge on any atom is -0.450 e. The third-order valence-corrected chi connectivity index (χ3v) is 5.02. The molecular formula is C21H18ClNO4. The summed E-state index contributed by atoms with van der Waals surface area (Å²) in [6, 6.07) is 13.7. The highest BCUT2D eigenvalue weighted by Crippen LogP contribution is 2.38. The van der Waals surface area contributed by atoms with Gasteiger partial charge in [-0.25, -0.2) is 0 Å². The largest absolute Gasteiger partial charge is 0.450 e. The molecule has 0 N–H and O–H groups in total. The van der Waals surface area contributed by atoms with E-state index in [1.165, 1.54) is 0 Å². The summed E-state index contributed by atoms with van der Waals surface area (Å²) < 4.78 is 11.0. The number of para-hydroxylation sites is 1. The van der Waals surface area contributed by atoms with E-state index in [0.29, 0.717) is 41.1 Å². The van der Waals surface area contributed by atoms with E-state index in [2.05, 4.69) is 0 Å². The van der Waals surface area contributed by atoms with Crippen LogP contribution in [-0.2, 0) is 4.74 Å². The molecule has 3 aromatic rings. The summed E-state index contributed by atoms with van der Waals surface area (Å²) in [5.74, 6) is -0.171. The Bertz CT molecular complexity index is 1080.